The molecule has 0 saturated heterocycles. The van der Waals surface area contributed by atoms with Crippen molar-refractivity contribution in [1.82, 2.24) is 0 Å². The number of phenolic OH excluding ortho intramolecular Hbond substituents is 1. The minimum absolute atomic E-state index is 0.352. The van der Waals surface area contributed by atoms with Crippen LogP contribution in [-0.2, 0) is 6.42 Å². The average Bonchev–Trinajstić information content (AvgIpc) is 2.31. The fraction of sp³-hybridized carbons (Fsp3) is 0.176. The summed E-state index contributed by atoms with van der Waals surface area (Å²) in [5.74, 6) is 0.352. The van der Waals surface area contributed by atoms with Crippen LogP contribution in [0.15, 0.2) is 36.9 Å². The van der Waals surface area contributed by atoms with Crippen molar-refractivity contribution >= 4 is 5.57 Å². The molecule has 0 aromatic heterocycles. The summed E-state index contributed by atoms with van der Waals surface area (Å²) < 4.78 is 0. The maximum absolute atomic E-state index is 9.84. The van der Waals surface area contributed by atoms with Gasteiger partial charge >= 0.3 is 0 Å². The van der Waals surface area contributed by atoms with Crippen molar-refractivity contribution < 1.29 is 5.11 Å². The molecule has 1 aliphatic rings. The van der Waals surface area contributed by atoms with Crippen molar-refractivity contribution in [1.29, 1.82) is 0 Å². The minimum atomic E-state index is 0.352. The van der Waals surface area contributed by atoms with Gasteiger partial charge in [0.1, 0.15) is 5.75 Å². The molecule has 3 rings (SSSR count). The number of aryl methyl sites for hydroxylation is 2. The molecule has 0 spiro atoms. The van der Waals surface area contributed by atoms with Gasteiger partial charge in [-0.05, 0) is 65.8 Å². The predicted molar refractivity (Wildman–Crippen MR) is 75.8 cm³/mol. The predicted octanol–water partition coefficient (Wildman–Crippen LogP) is 4.25. The van der Waals surface area contributed by atoms with E-state index in [4.69, 9.17) is 0 Å². The molecule has 1 nitrogen and oxygen atoms in total. The van der Waals surface area contributed by atoms with Gasteiger partial charge in [-0.15, -0.1) is 0 Å². The summed E-state index contributed by atoms with van der Waals surface area (Å²) in [5.41, 5.74) is 8.14. The van der Waals surface area contributed by atoms with Crippen molar-refractivity contribution in [2.24, 2.45) is 0 Å². The Morgan fingerprint density at radius 3 is 2.56 bits per heavy atom. The molecule has 0 unspecified atom stereocenters. The first-order chi connectivity index (χ1) is 8.56. The Bertz CT molecular complexity index is 666. The average molecular weight is 236 g/mol. The number of rotatable bonds is 0. The highest BCUT2D eigenvalue weighted by molar-refractivity contribution is 5.89. The first kappa shape index (κ1) is 11.1. The largest absolute Gasteiger partial charge is 0.508 e. The first-order valence-electron chi connectivity index (χ1n) is 6.18. The molecule has 1 N–H and O–H groups in total. The minimum Gasteiger partial charge on any atom is -0.508 e. The molecule has 2 aromatic carbocycles. The summed E-state index contributed by atoms with van der Waals surface area (Å²) in [5, 5.41) is 9.84. The van der Waals surface area contributed by atoms with E-state index in [2.05, 4.69) is 37.8 Å². The van der Waals surface area contributed by atoms with Crippen molar-refractivity contribution in [3.05, 3.63) is 59.2 Å². The maximum atomic E-state index is 9.84. The zero-order valence-electron chi connectivity index (χ0n) is 10.7. The standard InChI is InChI=1S/C17H16O/c1-10-4-5-14-13(6-10)7-11(2)15-9-17(18)12(3)8-16(14)15/h4-6,8-9,18H,2,7H2,1,3H3. The quantitative estimate of drug-likeness (QED) is 0.725. The number of hydrogen-bond donors (Lipinski definition) is 1. The van der Waals surface area contributed by atoms with E-state index in [0.29, 0.717) is 5.75 Å². The second kappa shape index (κ2) is 3.74. The van der Waals surface area contributed by atoms with Gasteiger partial charge in [0.2, 0.25) is 0 Å². The Balaban J connectivity index is 2.32. The summed E-state index contributed by atoms with van der Waals surface area (Å²) in [6.45, 7) is 8.19. The number of benzene rings is 2. The van der Waals surface area contributed by atoms with Gasteiger partial charge in [-0.2, -0.15) is 0 Å². The van der Waals surface area contributed by atoms with Crippen molar-refractivity contribution in [2.75, 3.05) is 0 Å². The van der Waals surface area contributed by atoms with E-state index in [0.717, 1.165) is 23.1 Å². The smallest absolute Gasteiger partial charge is 0.119 e. The molecule has 1 heteroatoms. The lowest BCUT2D eigenvalue weighted by Crippen LogP contribution is -2.03. The van der Waals surface area contributed by atoms with E-state index in [-0.39, 0.29) is 0 Å². The van der Waals surface area contributed by atoms with Crippen LogP contribution in [0.1, 0.15) is 22.3 Å². The molecule has 0 amide bonds. The van der Waals surface area contributed by atoms with Crippen LogP contribution in [0, 0.1) is 13.8 Å². The monoisotopic (exact) mass is 236 g/mol. The van der Waals surface area contributed by atoms with E-state index >= 15 is 0 Å². The van der Waals surface area contributed by atoms with Gasteiger partial charge in [0.15, 0.2) is 0 Å². The fourth-order valence-electron chi connectivity index (χ4n) is 2.67. The van der Waals surface area contributed by atoms with Crippen molar-refractivity contribution in [3.63, 3.8) is 0 Å². The Labute approximate surface area is 107 Å². The maximum Gasteiger partial charge on any atom is 0.119 e. The summed E-state index contributed by atoms with van der Waals surface area (Å²) in [4.78, 5) is 0. The van der Waals surface area contributed by atoms with Crippen LogP contribution < -0.4 is 0 Å². The normalized spacial score (nSPS) is 13.1. The van der Waals surface area contributed by atoms with Crippen molar-refractivity contribution in [2.45, 2.75) is 20.3 Å². The van der Waals surface area contributed by atoms with Crippen LogP contribution >= 0.6 is 0 Å². The van der Waals surface area contributed by atoms with Gasteiger partial charge in [-0.25, -0.2) is 0 Å². The van der Waals surface area contributed by atoms with E-state index in [1.165, 1.54) is 22.3 Å². The lowest BCUT2D eigenvalue weighted by molar-refractivity contribution is 0.471. The molecule has 90 valence electrons. The van der Waals surface area contributed by atoms with Crippen LogP contribution in [-0.4, -0.2) is 5.11 Å². The SMILES string of the molecule is C=C1Cc2cc(C)ccc2-c2cc(C)c(O)cc21. The van der Waals surface area contributed by atoms with Gasteiger partial charge in [0, 0.05) is 0 Å². The summed E-state index contributed by atoms with van der Waals surface area (Å²) in [6, 6.07) is 10.4. The van der Waals surface area contributed by atoms with E-state index in [9.17, 15) is 5.11 Å². The number of aromatic hydroxyl groups is 1. The van der Waals surface area contributed by atoms with E-state index in [1.807, 2.05) is 13.0 Å². The second-order valence-electron chi connectivity index (χ2n) is 5.13. The van der Waals surface area contributed by atoms with Crippen LogP contribution in [0.5, 0.6) is 5.75 Å². The third-order valence-corrected chi connectivity index (χ3v) is 3.67. The third kappa shape index (κ3) is 1.55. The van der Waals surface area contributed by atoms with Gasteiger partial charge < -0.3 is 5.11 Å². The lowest BCUT2D eigenvalue weighted by atomic mass is 9.81. The first-order valence-corrected chi connectivity index (χ1v) is 6.18. The Morgan fingerprint density at radius 2 is 1.78 bits per heavy atom. The Morgan fingerprint density at radius 1 is 1.00 bits per heavy atom. The van der Waals surface area contributed by atoms with Crippen molar-refractivity contribution in [3.8, 4) is 16.9 Å². The molecule has 0 bridgehead atoms. The summed E-state index contributed by atoms with van der Waals surface area (Å²) in [7, 11) is 0. The number of hydrogen-bond acceptors (Lipinski definition) is 1. The molecule has 1 aliphatic carbocycles. The number of phenols is 1. The summed E-state index contributed by atoms with van der Waals surface area (Å²) in [6.07, 6.45) is 0.868. The molecule has 0 saturated carbocycles. The van der Waals surface area contributed by atoms with Crippen LogP contribution in [0.4, 0.5) is 0 Å². The molecule has 0 aliphatic heterocycles. The highest BCUT2D eigenvalue weighted by Crippen LogP contribution is 2.41. The molecule has 0 atom stereocenters. The zero-order chi connectivity index (χ0) is 12.9. The summed E-state index contributed by atoms with van der Waals surface area (Å²) >= 11 is 0. The fourth-order valence-corrected chi connectivity index (χ4v) is 2.67. The molecular formula is C17H16O. The lowest BCUT2D eigenvalue weighted by Gasteiger charge is -2.23. The Hall–Kier alpha value is -2.02. The third-order valence-electron chi connectivity index (χ3n) is 3.67. The number of fused-ring (bicyclic) bond motifs is 3. The number of allylic oxidation sites excluding steroid dienone is 1. The molecule has 0 heterocycles. The zero-order valence-corrected chi connectivity index (χ0v) is 10.7. The van der Waals surface area contributed by atoms with Gasteiger partial charge in [0.25, 0.3) is 0 Å². The van der Waals surface area contributed by atoms with E-state index in [1.54, 1.807) is 0 Å². The van der Waals surface area contributed by atoms with Gasteiger partial charge in [-0.3, -0.25) is 0 Å². The van der Waals surface area contributed by atoms with Crippen LogP contribution in [0.2, 0.25) is 0 Å². The van der Waals surface area contributed by atoms with E-state index < -0.39 is 0 Å². The molecular weight excluding hydrogens is 220 g/mol. The molecule has 0 radical (unpaired) electrons. The highest BCUT2D eigenvalue weighted by atomic mass is 16.3. The second-order valence-corrected chi connectivity index (χ2v) is 5.13. The van der Waals surface area contributed by atoms with Gasteiger partial charge in [-0.1, -0.05) is 30.3 Å². The van der Waals surface area contributed by atoms with Crippen LogP contribution in [0.25, 0.3) is 16.7 Å². The molecule has 18 heavy (non-hydrogen) atoms. The molecule has 0 fully saturated rings. The Kier molecular flexibility index (Phi) is 2.30. The highest BCUT2D eigenvalue weighted by Gasteiger charge is 2.20. The topological polar surface area (TPSA) is 20.2 Å². The van der Waals surface area contributed by atoms with Gasteiger partial charge in [0.05, 0.1) is 0 Å². The molecule has 2 aromatic rings. The van der Waals surface area contributed by atoms with Crippen LogP contribution in [0.3, 0.4) is 0 Å².